The molecule has 0 saturated carbocycles. The molecule has 3 aromatic carbocycles. The molecule has 35 heavy (non-hydrogen) atoms. The summed E-state index contributed by atoms with van der Waals surface area (Å²) < 4.78 is 31.2. The first-order valence-corrected chi connectivity index (χ1v) is 11.7. The van der Waals surface area contributed by atoms with Crippen LogP contribution in [0.1, 0.15) is 42.0 Å². The molecule has 1 aliphatic rings. The van der Waals surface area contributed by atoms with Crippen LogP contribution in [0, 0.1) is 5.82 Å². The van der Waals surface area contributed by atoms with E-state index < -0.39 is 18.1 Å². The first-order chi connectivity index (χ1) is 17.0. The van der Waals surface area contributed by atoms with Crippen LogP contribution in [-0.2, 0) is 11.4 Å². The molecule has 1 aliphatic heterocycles. The van der Waals surface area contributed by atoms with Crippen molar-refractivity contribution in [1.29, 1.82) is 0 Å². The first-order valence-electron chi connectivity index (χ1n) is 11.7. The van der Waals surface area contributed by atoms with Crippen LogP contribution in [0.25, 0.3) is 0 Å². The molecule has 0 spiro atoms. The Hall–Kier alpha value is -3.58. The molecule has 6 nitrogen and oxygen atoms in total. The fourth-order valence-electron chi connectivity index (χ4n) is 4.68. The van der Waals surface area contributed by atoms with E-state index in [0.29, 0.717) is 36.8 Å². The van der Waals surface area contributed by atoms with Gasteiger partial charge in [-0.3, -0.25) is 9.69 Å². The minimum atomic E-state index is -0.862. The Morgan fingerprint density at radius 1 is 1.00 bits per heavy atom. The molecule has 2 atom stereocenters. The Bertz CT molecular complexity index is 1110. The van der Waals surface area contributed by atoms with Gasteiger partial charge in [0.25, 0.3) is 0 Å². The van der Waals surface area contributed by atoms with Gasteiger partial charge in [0.1, 0.15) is 18.5 Å². The number of carboxylic acid groups (broad SMARTS) is 1. The van der Waals surface area contributed by atoms with E-state index in [9.17, 15) is 14.3 Å². The minimum absolute atomic E-state index is 0.335. The molecule has 1 N–H and O–H groups in total. The molecule has 4 rings (SSSR count). The Kier molecular flexibility index (Phi) is 7.87. The third-order valence-electron chi connectivity index (χ3n) is 6.37. The number of hydrogen-bond donors (Lipinski definition) is 1. The number of likely N-dealkylation sites (tertiary alicyclic amines) is 1. The number of ether oxygens (including phenoxy) is 3. The third kappa shape index (κ3) is 5.57. The van der Waals surface area contributed by atoms with E-state index in [-0.39, 0.29) is 5.82 Å². The molecule has 0 aliphatic carbocycles. The lowest BCUT2D eigenvalue weighted by atomic mass is 9.91. The molecule has 1 fully saturated rings. The fourth-order valence-corrected chi connectivity index (χ4v) is 4.68. The predicted octanol–water partition coefficient (Wildman–Crippen LogP) is 5.45. The van der Waals surface area contributed by atoms with E-state index in [1.165, 1.54) is 12.1 Å². The fraction of sp³-hybridized carbons (Fsp3) is 0.321. The smallest absolute Gasteiger partial charge is 0.320 e. The average Bonchev–Trinajstić information content (AvgIpc) is 2.89. The molecule has 0 amide bonds. The van der Waals surface area contributed by atoms with Crippen molar-refractivity contribution in [1.82, 2.24) is 4.90 Å². The second kappa shape index (κ2) is 11.2. The number of methoxy groups -OCH3 is 2. The highest BCUT2D eigenvalue weighted by Crippen LogP contribution is 2.44. The van der Waals surface area contributed by atoms with E-state index in [1.54, 1.807) is 26.4 Å². The second-order valence-corrected chi connectivity index (χ2v) is 8.57. The molecular weight excluding hydrogens is 449 g/mol. The maximum absolute atomic E-state index is 13.8. The van der Waals surface area contributed by atoms with Gasteiger partial charge in [0, 0.05) is 0 Å². The third-order valence-corrected chi connectivity index (χ3v) is 6.37. The van der Waals surface area contributed by atoms with Crippen LogP contribution in [0.5, 0.6) is 17.2 Å². The van der Waals surface area contributed by atoms with Crippen molar-refractivity contribution in [3.8, 4) is 17.2 Å². The number of piperidine rings is 1. The Morgan fingerprint density at radius 2 is 1.66 bits per heavy atom. The molecule has 0 radical (unpaired) electrons. The van der Waals surface area contributed by atoms with Gasteiger partial charge in [0.2, 0.25) is 5.75 Å². The normalized spacial score (nSPS) is 16.9. The molecule has 1 heterocycles. The summed E-state index contributed by atoms with van der Waals surface area (Å²) in [7, 11) is 3.11. The average molecular weight is 480 g/mol. The predicted molar refractivity (Wildman–Crippen MR) is 131 cm³/mol. The van der Waals surface area contributed by atoms with Gasteiger partial charge < -0.3 is 19.3 Å². The lowest BCUT2D eigenvalue weighted by Crippen LogP contribution is -2.46. The highest BCUT2D eigenvalue weighted by atomic mass is 19.1. The number of carbonyl (C=O) groups is 1. The van der Waals surface area contributed by atoms with Gasteiger partial charge in [-0.15, -0.1) is 0 Å². The second-order valence-electron chi connectivity index (χ2n) is 8.57. The molecule has 2 unspecified atom stereocenters. The summed E-state index contributed by atoms with van der Waals surface area (Å²) in [6.45, 7) is 0.942. The zero-order valence-corrected chi connectivity index (χ0v) is 19.9. The number of carboxylic acids is 1. The topological polar surface area (TPSA) is 68.2 Å². The van der Waals surface area contributed by atoms with Crippen molar-refractivity contribution in [3.63, 3.8) is 0 Å². The van der Waals surface area contributed by atoms with Crippen molar-refractivity contribution in [2.24, 2.45) is 0 Å². The number of aliphatic carboxylic acids is 1. The maximum atomic E-state index is 13.8. The lowest BCUT2D eigenvalue weighted by Gasteiger charge is -2.40. The number of benzene rings is 3. The van der Waals surface area contributed by atoms with Gasteiger partial charge >= 0.3 is 5.97 Å². The largest absolute Gasteiger partial charge is 0.493 e. The van der Waals surface area contributed by atoms with E-state index >= 15 is 0 Å². The van der Waals surface area contributed by atoms with Gasteiger partial charge in [-0.25, -0.2) is 4.39 Å². The molecule has 7 heteroatoms. The zero-order chi connectivity index (χ0) is 24.8. The van der Waals surface area contributed by atoms with Crippen molar-refractivity contribution >= 4 is 5.97 Å². The summed E-state index contributed by atoms with van der Waals surface area (Å²) in [5.74, 6) is 0.214. The summed E-state index contributed by atoms with van der Waals surface area (Å²) in [6, 6.07) is 18.6. The van der Waals surface area contributed by atoms with E-state index in [4.69, 9.17) is 14.2 Å². The Morgan fingerprint density at radius 3 is 2.26 bits per heavy atom. The van der Waals surface area contributed by atoms with Crippen LogP contribution in [0.4, 0.5) is 4.39 Å². The van der Waals surface area contributed by atoms with Gasteiger partial charge in [-0.2, -0.15) is 0 Å². The summed E-state index contributed by atoms with van der Waals surface area (Å²) >= 11 is 0. The van der Waals surface area contributed by atoms with Crippen LogP contribution in [-0.4, -0.2) is 42.8 Å². The highest BCUT2D eigenvalue weighted by Gasteiger charge is 2.36. The summed E-state index contributed by atoms with van der Waals surface area (Å²) in [5.41, 5.74) is 2.58. The minimum Gasteiger partial charge on any atom is -0.493 e. The van der Waals surface area contributed by atoms with Crippen LogP contribution < -0.4 is 14.2 Å². The van der Waals surface area contributed by atoms with Gasteiger partial charge in [0.15, 0.2) is 11.5 Å². The van der Waals surface area contributed by atoms with Crippen LogP contribution in [0.3, 0.4) is 0 Å². The molecule has 0 aromatic heterocycles. The molecular formula is C28H30FNO5. The summed E-state index contributed by atoms with van der Waals surface area (Å²) in [4.78, 5) is 14.1. The SMILES string of the molecule is COc1cc(C(c2ccc(F)cc2)N2CCCCC2C(=O)O)cc(OC)c1OCc1ccccc1. The monoisotopic (exact) mass is 479 g/mol. The summed E-state index contributed by atoms with van der Waals surface area (Å²) in [6.07, 6.45) is 2.29. The molecule has 184 valence electrons. The summed E-state index contributed by atoms with van der Waals surface area (Å²) in [5, 5.41) is 9.95. The Balaban J connectivity index is 1.77. The van der Waals surface area contributed by atoms with E-state index in [1.807, 2.05) is 47.4 Å². The van der Waals surface area contributed by atoms with Gasteiger partial charge in [0.05, 0.1) is 20.3 Å². The van der Waals surface area contributed by atoms with Crippen molar-refractivity contribution in [2.45, 2.75) is 38.0 Å². The van der Waals surface area contributed by atoms with Crippen molar-refractivity contribution < 1.29 is 28.5 Å². The van der Waals surface area contributed by atoms with Crippen molar-refractivity contribution in [2.75, 3.05) is 20.8 Å². The maximum Gasteiger partial charge on any atom is 0.320 e. The van der Waals surface area contributed by atoms with Crippen LogP contribution >= 0.6 is 0 Å². The van der Waals surface area contributed by atoms with Crippen molar-refractivity contribution in [3.05, 3.63) is 89.2 Å². The number of hydrogen-bond acceptors (Lipinski definition) is 5. The van der Waals surface area contributed by atoms with E-state index in [2.05, 4.69) is 0 Å². The Labute approximate surface area is 204 Å². The van der Waals surface area contributed by atoms with Gasteiger partial charge in [-0.05, 0) is 60.3 Å². The van der Waals surface area contributed by atoms with Gasteiger partial charge in [-0.1, -0.05) is 48.9 Å². The quantitative estimate of drug-likeness (QED) is 0.440. The molecule has 0 bridgehead atoms. The highest BCUT2D eigenvalue weighted by molar-refractivity contribution is 5.74. The molecule has 1 saturated heterocycles. The number of halogens is 1. The molecule has 3 aromatic rings. The van der Waals surface area contributed by atoms with Crippen LogP contribution in [0.2, 0.25) is 0 Å². The van der Waals surface area contributed by atoms with E-state index in [0.717, 1.165) is 29.5 Å². The lowest BCUT2D eigenvalue weighted by molar-refractivity contribution is -0.145. The van der Waals surface area contributed by atoms with Crippen LogP contribution in [0.15, 0.2) is 66.7 Å². The number of rotatable bonds is 9. The standard InChI is InChI=1S/C28H30FNO5/c1-33-24-16-21(17-25(34-2)27(24)35-18-19-8-4-3-5-9-19)26(20-11-13-22(29)14-12-20)30-15-7-6-10-23(30)28(31)32/h3-5,8-9,11-14,16-17,23,26H,6-7,10,15,18H2,1-2H3,(H,31,32). The first kappa shape index (κ1) is 24.5. The zero-order valence-electron chi connectivity index (χ0n) is 19.9. The number of nitrogens with zero attached hydrogens (tertiary/aromatic N) is 1.